The Bertz CT molecular complexity index is 655. The Hall–Kier alpha value is -2.43. The van der Waals surface area contributed by atoms with E-state index in [1.165, 1.54) is 0 Å². The monoisotopic (exact) mass is 312 g/mol. The van der Waals surface area contributed by atoms with Gasteiger partial charge >= 0.3 is 0 Å². The maximum atomic E-state index is 12.3. The van der Waals surface area contributed by atoms with Gasteiger partial charge < -0.3 is 10.6 Å². The molecule has 23 heavy (non-hydrogen) atoms. The lowest BCUT2D eigenvalue weighted by Gasteiger charge is -2.15. The van der Waals surface area contributed by atoms with Crippen LogP contribution in [0.2, 0.25) is 0 Å². The summed E-state index contributed by atoms with van der Waals surface area (Å²) in [6.07, 6.45) is 0.970. The standard InChI is InChI=1S/C18H24N4O/c1-5-13(4)20-16-11-15(18(23)19-12(2)3)21-17(22-16)14-9-7-6-8-10-14/h6-13H,5H2,1-4H3,(H,19,23)(H,20,21,22). The molecule has 0 aliphatic rings. The number of anilines is 1. The zero-order chi connectivity index (χ0) is 16.8. The van der Waals surface area contributed by atoms with E-state index in [2.05, 4.69) is 34.4 Å². The van der Waals surface area contributed by atoms with E-state index in [0.717, 1.165) is 12.0 Å². The summed E-state index contributed by atoms with van der Waals surface area (Å²) in [7, 11) is 0. The summed E-state index contributed by atoms with van der Waals surface area (Å²) in [6.45, 7) is 8.03. The molecule has 0 spiro atoms. The maximum absolute atomic E-state index is 12.3. The van der Waals surface area contributed by atoms with Gasteiger partial charge in [0.2, 0.25) is 0 Å². The topological polar surface area (TPSA) is 66.9 Å². The number of carbonyl (C=O) groups excluding carboxylic acids is 1. The second-order valence-corrected chi connectivity index (χ2v) is 5.91. The fourth-order valence-electron chi connectivity index (χ4n) is 2.04. The normalized spacial score (nSPS) is 12.0. The summed E-state index contributed by atoms with van der Waals surface area (Å²) in [5.41, 5.74) is 1.26. The highest BCUT2D eigenvalue weighted by Crippen LogP contribution is 2.18. The molecular weight excluding hydrogens is 288 g/mol. The first-order valence-electron chi connectivity index (χ1n) is 8.01. The van der Waals surface area contributed by atoms with Crippen LogP contribution in [0.5, 0.6) is 0 Å². The molecule has 5 nitrogen and oxygen atoms in total. The smallest absolute Gasteiger partial charge is 0.270 e. The molecule has 1 amide bonds. The molecule has 5 heteroatoms. The van der Waals surface area contributed by atoms with Crippen LogP contribution in [-0.4, -0.2) is 28.0 Å². The first kappa shape index (κ1) is 16.9. The summed E-state index contributed by atoms with van der Waals surface area (Å²) in [5.74, 6) is 1.03. The van der Waals surface area contributed by atoms with Crippen molar-refractivity contribution in [3.63, 3.8) is 0 Å². The van der Waals surface area contributed by atoms with E-state index >= 15 is 0 Å². The molecule has 0 saturated heterocycles. The highest BCUT2D eigenvalue weighted by molar-refractivity contribution is 5.93. The number of aromatic nitrogens is 2. The molecule has 1 aromatic heterocycles. The largest absolute Gasteiger partial charge is 0.367 e. The fraction of sp³-hybridized carbons (Fsp3) is 0.389. The fourth-order valence-corrected chi connectivity index (χ4v) is 2.04. The molecular formula is C18H24N4O. The lowest BCUT2D eigenvalue weighted by atomic mass is 10.2. The molecule has 122 valence electrons. The van der Waals surface area contributed by atoms with Gasteiger partial charge in [0.25, 0.3) is 5.91 Å². The van der Waals surface area contributed by atoms with Gasteiger partial charge in [0.05, 0.1) is 0 Å². The van der Waals surface area contributed by atoms with E-state index in [0.29, 0.717) is 17.3 Å². The van der Waals surface area contributed by atoms with Gasteiger partial charge in [-0.1, -0.05) is 37.3 Å². The van der Waals surface area contributed by atoms with E-state index in [4.69, 9.17) is 0 Å². The third-order valence-corrected chi connectivity index (χ3v) is 3.42. The van der Waals surface area contributed by atoms with Crippen molar-refractivity contribution in [3.8, 4) is 11.4 Å². The van der Waals surface area contributed by atoms with Gasteiger partial charge in [0, 0.05) is 23.7 Å². The predicted octanol–water partition coefficient (Wildman–Crippen LogP) is 3.49. The van der Waals surface area contributed by atoms with Crippen molar-refractivity contribution in [3.05, 3.63) is 42.1 Å². The molecule has 1 atom stereocenters. The molecule has 0 bridgehead atoms. The summed E-state index contributed by atoms with van der Waals surface area (Å²) in [4.78, 5) is 21.3. The van der Waals surface area contributed by atoms with E-state index in [1.807, 2.05) is 44.2 Å². The van der Waals surface area contributed by atoms with Crippen LogP contribution in [-0.2, 0) is 0 Å². The average Bonchev–Trinajstić information content (AvgIpc) is 2.54. The van der Waals surface area contributed by atoms with Crippen LogP contribution in [0.3, 0.4) is 0 Å². The zero-order valence-corrected chi connectivity index (χ0v) is 14.1. The molecule has 0 radical (unpaired) electrons. The van der Waals surface area contributed by atoms with Crippen LogP contribution < -0.4 is 10.6 Å². The zero-order valence-electron chi connectivity index (χ0n) is 14.1. The number of nitrogens with zero attached hydrogens (tertiary/aromatic N) is 2. The second kappa shape index (κ2) is 7.72. The minimum atomic E-state index is -0.188. The highest BCUT2D eigenvalue weighted by Gasteiger charge is 2.14. The maximum Gasteiger partial charge on any atom is 0.270 e. The minimum Gasteiger partial charge on any atom is -0.367 e. The minimum absolute atomic E-state index is 0.0589. The Morgan fingerprint density at radius 2 is 1.83 bits per heavy atom. The van der Waals surface area contributed by atoms with Gasteiger partial charge in [-0.05, 0) is 27.2 Å². The van der Waals surface area contributed by atoms with Gasteiger partial charge in [-0.3, -0.25) is 4.79 Å². The number of benzene rings is 1. The second-order valence-electron chi connectivity index (χ2n) is 5.91. The Labute approximate surface area is 137 Å². The molecule has 0 aliphatic carbocycles. The van der Waals surface area contributed by atoms with E-state index in [9.17, 15) is 4.79 Å². The van der Waals surface area contributed by atoms with E-state index < -0.39 is 0 Å². The Kier molecular flexibility index (Phi) is 5.68. The average molecular weight is 312 g/mol. The van der Waals surface area contributed by atoms with E-state index in [-0.39, 0.29) is 18.0 Å². The lowest BCUT2D eigenvalue weighted by Crippen LogP contribution is -2.31. The molecule has 0 fully saturated rings. The van der Waals surface area contributed by atoms with Crippen molar-refractivity contribution in [2.45, 2.75) is 46.2 Å². The van der Waals surface area contributed by atoms with Crippen molar-refractivity contribution >= 4 is 11.7 Å². The first-order valence-corrected chi connectivity index (χ1v) is 8.01. The van der Waals surface area contributed by atoms with Gasteiger partial charge in [0.15, 0.2) is 5.82 Å². The number of amides is 1. The van der Waals surface area contributed by atoms with Gasteiger partial charge in [0.1, 0.15) is 11.5 Å². The number of carbonyl (C=O) groups is 1. The van der Waals surface area contributed by atoms with Crippen molar-refractivity contribution < 1.29 is 4.79 Å². The number of hydrogen-bond donors (Lipinski definition) is 2. The molecule has 1 heterocycles. The Balaban J connectivity index is 2.41. The summed E-state index contributed by atoms with van der Waals surface area (Å²) >= 11 is 0. The molecule has 2 aromatic rings. The Morgan fingerprint density at radius 1 is 1.13 bits per heavy atom. The van der Waals surface area contributed by atoms with Gasteiger partial charge in [-0.25, -0.2) is 9.97 Å². The van der Waals surface area contributed by atoms with Crippen molar-refractivity contribution in [1.29, 1.82) is 0 Å². The molecule has 0 aliphatic heterocycles. The third kappa shape index (κ3) is 4.77. The summed E-state index contributed by atoms with van der Waals surface area (Å²) in [5, 5.41) is 6.19. The summed E-state index contributed by atoms with van der Waals surface area (Å²) in [6, 6.07) is 11.7. The molecule has 0 saturated carbocycles. The van der Waals surface area contributed by atoms with Gasteiger partial charge in [-0.2, -0.15) is 0 Å². The molecule has 1 unspecified atom stereocenters. The van der Waals surface area contributed by atoms with Crippen molar-refractivity contribution in [2.75, 3.05) is 5.32 Å². The first-order chi connectivity index (χ1) is 11.0. The predicted molar refractivity (Wildman–Crippen MR) is 93.4 cm³/mol. The van der Waals surface area contributed by atoms with Crippen LogP contribution in [0, 0.1) is 0 Å². The quantitative estimate of drug-likeness (QED) is 0.857. The molecule has 1 aromatic carbocycles. The number of nitrogens with one attached hydrogen (secondary N) is 2. The van der Waals surface area contributed by atoms with Crippen molar-refractivity contribution in [2.24, 2.45) is 0 Å². The van der Waals surface area contributed by atoms with Crippen LogP contribution >= 0.6 is 0 Å². The molecule has 2 N–H and O–H groups in total. The Morgan fingerprint density at radius 3 is 2.43 bits per heavy atom. The molecule has 2 rings (SSSR count). The number of rotatable bonds is 6. The van der Waals surface area contributed by atoms with Crippen LogP contribution in [0.25, 0.3) is 11.4 Å². The van der Waals surface area contributed by atoms with E-state index in [1.54, 1.807) is 6.07 Å². The number of hydrogen-bond acceptors (Lipinski definition) is 4. The lowest BCUT2D eigenvalue weighted by molar-refractivity contribution is 0.0938. The summed E-state index contributed by atoms with van der Waals surface area (Å²) < 4.78 is 0. The van der Waals surface area contributed by atoms with Crippen LogP contribution in [0.15, 0.2) is 36.4 Å². The highest BCUT2D eigenvalue weighted by atomic mass is 16.1. The van der Waals surface area contributed by atoms with Crippen LogP contribution in [0.1, 0.15) is 44.6 Å². The van der Waals surface area contributed by atoms with Gasteiger partial charge in [-0.15, -0.1) is 0 Å². The third-order valence-electron chi connectivity index (χ3n) is 3.42. The SMILES string of the molecule is CCC(C)Nc1cc(C(=O)NC(C)C)nc(-c2ccccc2)n1. The van der Waals surface area contributed by atoms with Crippen molar-refractivity contribution in [1.82, 2.24) is 15.3 Å². The van der Waals surface area contributed by atoms with Crippen LogP contribution in [0.4, 0.5) is 5.82 Å².